The van der Waals surface area contributed by atoms with Gasteiger partial charge in [0.15, 0.2) is 46.4 Å². The quantitative estimate of drug-likeness (QED) is 0.126. The second-order valence-electron chi connectivity index (χ2n) is 11.2. The number of fused-ring (bicyclic) bond motifs is 5. The second-order valence-corrected chi connectivity index (χ2v) is 15.5. The first kappa shape index (κ1) is 35.9. The number of carbonyl (C=O) groups excluding carboxylic acids is 1. The number of halogens is 1. The number of nitrogens with zero attached hydrogens (tertiary/aromatic N) is 7. The smallest absolute Gasteiger partial charge is 0.387 e. The van der Waals surface area contributed by atoms with E-state index in [-0.39, 0.29) is 51.6 Å². The molecule has 10 atom stereocenters. The summed E-state index contributed by atoms with van der Waals surface area (Å²) in [6, 6.07) is 0. The van der Waals surface area contributed by atoms with Gasteiger partial charge in [-0.25, -0.2) is 33.5 Å². The summed E-state index contributed by atoms with van der Waals surface area (Å²) in [5.41, 5.74) is 10.8. The summed E-state index contributed by atoms with van der Waals surface area (Å²) in [4.78, 5) is 57.0. The highest BCUT2D eigenvalue weighted by atomic mass is 32.2. The van der Waals surface area contributed by atoms with E-state index in [0.717, 1.165) is 39.9 Å². The fourth-order valence-corrected chi connectivity index (χ4v) is 8.56. The third-order valence-corrected chi connectivity index (χ3v) is 11.1. The van der Waals surface area contributed by atoms with E-state index >= 15 is 4.39 Å². The van der Waals surface area contributed by atoms with E-state index in [1.54, 1.807) is 0 Å². The van der Waals surface area contributed by atoms with Crippen LogP contribution in [0.4, 0.5) is 16.2 Å². The molecule has 0 amide bonds. The van der Waals surface area contributed by atoms with Crippen LogP contribution in [0.15, 0.2) is 23.8 Å². The lowest BCUT2D eigenvalue weighted by Crippen LogP contribution is -2.35. The highest BCUT2D eigenvalue weighted by Gasteiger charge is 2.55. The van der Waals surface area contributed by atoms with Crippen LogP contribution in [-0.2, 0) is 46.0 Å². The van der Waals surface area contributed by atoms with Crippen molar-refractivity contribution in [2.24, 2.45) is 0 Å². The van der Waals surface area contributed by atoms with Crippen LogP contribution in [-0.4, -0.2) is 116 Å². The molecule has 0 saturated carbocycles. The molecule has 0 aromatic carbocycles. The Morgan fingerprint density at radius 3 is 2.51 bits per heavy atom. The van der Waals surface area contributed by atoms with E-state index in [0.29, 0.717) is 0 Å². The number of phosphoric acid groups is 2. The minimum absolute atomic E-state index is 0.000464. The standard InChI is InChI=1S/C24H29FN10O13P2S/c1-9(36)51-3-2-42-50(41)44-5-11-16(12(25)22(46-11)34-7-30-13-18(26)28-6-29-19(13)34)47-49(39,40)43-4-10-15(37)17(48-50)23(45-10)35-8-31-14-20(35)32-24(27)33-21(14)38/h6-8,10-12,15-17,22-23,37H,2-5H2,1H3,(H,39,40)(H2,26,28,29)(H3,27,32,33,38)/t10-,11-,12+,15?,16?,17+,22-,23-,50?/m1/s1. The van der Waals surface area contributed by atoms with Crippen LogP contribution in [0.3, 0.4) is 0 Å². The zero-order valence-corrected chi connectivity index (χ0v) is 28.6. The number of imidazole rings is 2. The molecule has 4 aromatic heterocycles. The number of rotatable bonds is 6. The van der Waals surface area contributed by atoms with Gasteiger partial charge in [-0.3, -0.25) is 46.3 Å². The molecule has 2 bridgehead atoms. The van der Waals surface area contributed by atoms with Gasteiger partial charge >= 0.3 is 15.6 Å². The number of carbonyl (C=O) groups is 1. The highest BCUT2D eigenvalue weighted by molar-refractivity contribution is 8.13. The van der Waals surface area contributed by atoms with Crippen molar-refractivity contribution in [3.05, 3.63) is 29.3 Å². The number of hydrogen-bond acceptors (Lipinski definition) is 20. The molecule has 7 N–H and O–H groups in total. The van der Waals surface area contributed by atoms with Crippen LogP contribution < -0.4 is 17.0 Å². The maximum absolute atomic E-state index is 16.2. The predicted octanol–water partition coefficient (Wildman–Crippen LogP) is -0.0603. The summed E-state index contributed by atoms with van der Waals surface area (Å²) in [7, 11) is -10.0. The van der Waals surface area contributed by atoms with Gasteiger partial charge in [0.05, 0.1) is 32.5 Å². The van der Waals surface area contributed by atoms with Crippen LogP contribution in [0.25, 0.3) is 22.3 Å². The molecule has 3 aliphatic heterocycles. The summed E-state index contributed by atoms with van der Waals surface area (Å²) in [6.07, 6.45) is -10.4. The number of ether oxygens (including phenoxy) is 2. The second kappa shape index (κ2) is 13.8. The normalized spacial score (nSPS) is 34.6. The van der Waals surface area contributed by atoms with Gasteiger partial charge in [0.2, 0.25) is 5.95 Å². The number of nitrogens with one attached hydrogen (secondary N) is 1. The molecule has 7 rings (SSSR count). The van der Waals surface area contributed by atoms with Crippen LogP contribution in [0, 0.1) is 0 Å². The number of aliphatic hydroxyl groups is 1. The topological polar surface area (TPSA) is 315 Å². The molecule has 276 valence electrons. The first-order valence-electron chi connectivity index (χ1n) is 14.9. The van der Waals surface area contributed by atoms with Gasteiger partial charge in [0, 0.05) is 12.7 Å². The Morgan fingerprint density at radius 1 is 1.04 bits per heavy atom. The highest BCUT2D eigenvalue weighted by Crippen LogP contribution is 2.56. The minimum Gasteiger partial charge on any atom is -0.387 e. The molecule has 3 saturated heterocycles. The zero-order valence-electron chi connectivity index (χ0n) is 26.0. The van der Waals surface area contributed by atoms with Crippen LogP contribution >= 0.6 is 27.4 Å². The lowest BCUT2D eigenvalue weighted by atomic mass is 10.1. The fraction of sp³-hybridized carbons (Fsp3) is 0.542. The van der Waals surface area contributed by atoms with Gasteiger partial charge in [-0.15, -0.1) is 0 Å². The number of aromatic nitrogens is 8. The number of H-pyrrole nitrogens is 1. The summed E-state index contributed by atoms with van der Waals surface area (Å²) < 4.78 is 85.2. The minimum atomic E-state index is -5.18. The molecule has 0 spiro atoms. The third kappa shape index (κ3) is 7.04. The van der Waals surface area contributed by atoms with Crippen molar-refractivity contribution in [2.75, 3.05) is 37.0 Å². The van der Waals surface area contributed by atoms with Crippen molar-refractivity contribution in [1.82, 2.24) is 39.0 Å². The van der Waals surface area contributed by atoms with Gasteiger partial charge in [0.1, 0.15) is 42.4 Å². The number of nitrogen functional groups attached to an aromatic ring is 2. The summed E-state index contributed by atoms with van der Waals surface area (Å²) in [6.45, 7) is -0.764. The molecule has 3 aliphatic rings. The van der Waals surface area contributed by atoms with E-state index in [2.05, 4.69) is 29.9 Å². The van der Waals surface area contributed by atoms with Gasteiger partial charge < -0.3 is 30.9 Å². The first-order valence-corrected chi connectivity index (χ1v) is 18.8. The molecule has 27 heteroatoms. The molecule has 51 heavy (non-hydrogen) atoms. The van der Waals surface area contributed by atoms with Crippen molar-refractivity contribution in [2.45, 2.75) is 56.1 Å². The number of thioether (sulfide) groups is 1. The lowest BCUT2D eigenvalue weighted by Gasteiger charge is -2.27. The summed E-state index contributed by atoms with van der Waals surface area (Å²) in [5, 5.41) is 11.1. The number of aromatic amines is 1. The molecular formula is C24H29FN10O13P2S. The van der Waals surface area contributed by atoms with Gasteiger partial charge in [-0.05, 0) is 0 Å². The number of alkyl halides is 1. The molecule has 0 radical (unpaired) electrons. The lowest BCUT2D eigenvalue weighted by molar-refractivity contribution is -0.109. The number of phosphoric ester groups is 2. The largest absolute Gasteiger partial charge is 0.475 e. The summed E-state index contributed by atoms with van der Waals surface area (Å²) >= 11 is 0.845. The Bertz CT molecular complexity index is 2120. The van der Waals surface area contributed by atoms with Gasteiger partial charge in [-0.2, -0.15) is 4.98 Å². The number of aliphatic hydroxyl groups excluding tert-OH is 1. The van der Waals surface area contributed by atoms with E-state index in [1.807, 2.05) is 0 Å². The Hall–Kier alpha value is -3.45. The van der Waals surface area contributed by atoms with Crippen LogP contribution in [0.2, 0.25) is 0 Å². The van der Waals surface area contributed by atoms with Crippen molar-refractivity contribution in [3.63, 3.8) is 0 Å². The average Bonchev–Trinajstić information content (AvgIpc) is 3.83. The van der Waals surface area contributed by atoms with E-state index in [9.17, 15) is 28.7 Å². The SMILES string of the molecule is CC(=O)SCCOP1(=O)OC[C@H]2O[C@@H](n3cnc4c(N)ncnc43)[C@@H](F)C2OP(=O)(O)OC[C@H]2O[C@@H](n3cnc4c(=O)[nH]c(N)nc43)[C@@H](O1)C2O. The maximum Gasteiger partial charge on any atom is 0.475 e. The Morgan fingerprint density at radius 2 is 1.75 bits per heavy atom. The van der Waals surface area contributed by atoms with E-state index in [4.69, 9.17) is 43.6 Å². The Balaban J connectivity index is 1.24. The van der Waals surface area contributed by atoms with E-state index in [1.165, 1.54) is 6.92 Å². The molecular weight excluding hydrogens is 749 g/mol. The first-order chi connectivity index (χ1) is 24.2. The number of hydrogen-bond donors (Lipinski definition) is 5. The van der Waals surface area contributed by atoms with Crippen LogP contribution in [0.1, 0.15) is 19.4 Å². The monoisotopic (exact) mass is 778 g/mol. The van der Waals surface area contributed by atoms with Crippen molar-refractivity contribution in [1.29, 1.82) is 0 Å². The zero-order chi connectivity index (χ0) is 36.2. The number of anilines is 2. The van der Waals surface area contributed by atoms with Crippen molar-refractivity contribution < 1.29 is 60.4 Å². The van der Waals surface area contributed by atoms with Crippen molar-refractivity contribution in [3.8, 4) is 0 Å². The third-order valence-electron chi connectivity index (χ3n) is 7.91. The molecule has 3 fully saturated rings. The van der Waals surface area contributed by atoms with Gasteiger partial charge in [0.25, 0.3) is 5.56 Å². The Kier molecular flexibility index (Phi) is 9.75. The molecule has 4 aromatic rings. The van der Waals surface area contributed by atoms with Crippen molar-refractivity contribution >= 4 is 66.6 Å². The van der Waals surface area contributed by atoms with Gasteiger partial charge in [-0.1, -0.05) is 11.8 Å². The number of nitrogens with two attached hydrogens (primary N) is 2. The summed E-state index contributed by atoms with van der Waals surface area (Å²) in [5.74, 6) is -0.297. The fourth-order valence-electron chi connectivity index (χ4n) is 5.66. The molecule has 4 unspecified atom stereocenters. The Labute approximate surface area is 288 Å². The molecule has 0 aliphatic carbocycles. The van der Waals surface area contributed by atoms with E-state index < -0.39 is 83.6 Å². The molecule has 7 heterocycles. The maximum atomic E-state index is 16.2. The predicted molar refractivity (Wildman–Crippen MR) is 169 cm³/mol. The van der Waals surface area contributed by atoms with Crippen LogP contribution in [0.5, 0.6) is 0 Å². The average molecular weight is 779 g/mol. The molecule has 23 nitrogen and oxygen atoms in total.